The van der Waals surface area contributed by atoms with Crippen molar-refractivity contribution in [1.29, 1.82) is 5.26 Å². The molecule has 0 aliphatic carbocycles. The van der Waals surface area contributed by atoms with Crippen molar-refractivity contribution in [3.63, 3.8) is 0 Å². The monoisotopic (exact) mass is 403 g/mol. The first kappa shape index (κ1) is 18.4. The summed E-state index contributed by atoms with van der Waals surface area (Å²) in [5.74, 6) is -2.45. The van der Waals surface area contributed by atoms with E-state index >= 15 is 0 Å². The lowest BCUT2D eigenvalue weighted by atomic mass is 10.1. The van der Waals surface area contributed by atoms with E-state index in [0.29, 0.717) is 0 Å². The molecule has 10 heteroatoms. The molecule has 0 amide bonds. The number of carbonyl (C=O) groups is 1. The van der Waals surface area contributed by atoms with Gasteiger partial charge in [0.15, 0.2) is 0 Å². The largest absolute Gasteiger partial charge is 0.457 e. The van der Waals surface area contributed by atoms with Crippen LogP contribution in [0.3, 0.4) is 0 Å². The third kappa shape index (κ3) is 2.85. The van der Waals surface area contributed by atoms with E-state index < -0.39 is 50.0 Å². The number of nitriles is 1. The Morgan fingerprint density at radius 2 is 1.92 bits per heavy atom. The highest BCUT2D eigenvalue weighted by Crippen LogP contribution is 2.46. The molecule has 1 heterocycles. The summed E-state index contributed by atoms with van der Waals surface area (Å²) >= 11 is 5.80. The first-order chi connectivity index (χ1) is 12.2. The number of nitrogens with zero attached hydrogens (tertiary/aromatic N) is 1. The smallest absolute Gasteiger partial charge is 0.387 e. The van der Waals surface area contributed by atoms with Crippen molar-refractivity contribution in [1.82, 2.24) is 0 Å². The number of hydrogen-bond donors (Lipinski definition) is 0. The van der Waals surface area contributed by atoms with Gasteiger partial charge in [0.25, 0.3) is 6.43 Å². The van der Waals surface area contributed by atoms with E-state index in [9.17, 15) is 26.6 Å². The van der Waals surface area contributed by atoms with Crippen molar-refractivity contribution < 1.29 is 31.3 Å². The third-order valence-electron chi connectivity index (χ3n) is 3.53. The summed E-state index contributed by atoms with van der Waals surface area (Å²) in [4.78, 5) is 10.7. The van der Waals surface area contributed by atoms with Crippen LogP contribution < -0.4 is 4.74 Å². The molecule has 4 nitrogen and oxygen atoms in total. The lowest BCUT2D eigenvalue weighted by Gasteiger charge is -2.14. The maximum atomic E-state index is 13.7. The van der Waals surface area contributed by atoms with E-state index in [4.69, 9.17) is 21.6 Å². The second-order valence-corrected chi connectivity index (χ2v) is 7.05. The van der Waals surface area contributed by atoms with E-state index in [-0.39, 0.29) is 16.3 Å². The van der Waals surface area contributed by atoms with Gasteiger partial charge in [0.05, 0.1) is 22.1 Å². The molecule has 0 bridgehead atoms. The van der Waals surface area contributed by atoms with Crippen LogP contribution in [0.15, 0.2) is 35.2 Å². The Morgan fingerprint density at radius 3 is 2.54 bits per heavy atom. The Morgan fingerprint density at radius 1 is 1.23 bits per heavy atom. The molecule has 1 aliphatic heterocycles. The Labute approximate surface area is 151 Å². The summed E-state index contributed by atoms with van der Waals surface area (Å²) in [5, 5.41) is 4.70. The minimum absolute atomic E-state index is 0.0811. The van der Waals surface area contributed by atoms with Gasteiger partial charge in [-0.05, 0) is 30.3 Å². The number of benzene rings is 2. The minimum atomic E-state index is -4.28. The summed E-state index contributed by atoms with van der Waals surface area (Å²) in [6.07, 6.45) is -3.33. The van der Waals surface area contributed by atoms with Gasteiger partial charge in [0.1, 0.15) is 22.3 Å². The summed E-state index contributed by atoms with van der Waals surface area (Å²) in [6, 6.07) is 7.28. The summed E-state index contributed by atoms with van der Waals surface area (Å²) in [5.41, 5.74) is -1.72. The van der Waals surface area contributed by atoms with Gasteiger partial charge in [0, 0.05) is 10.6 Å². The molecule has 0 N–H and O–H groups in total. The number of alkyl halides is 4. The summed E-state index contributed by atoms with van der Waals surface area (Å²) < 4.78 is 71.6. The predicted molar refractivity (Wildman–Crippen MR) is 83.3 cm³/mol. The number of rotatable bonds is 3. The van der Waals surface area contributed by atoms with Gasteiger partial charge in [0.2, 0.25) is 5.78 Å². The van der Waals surface area contributed by atoms with Crippen LogP contribution in [0.4, 0.5) is 17.6 Å². The number of ketones is 1. The van der Waals surface area contributed by atoms with Crippen molar-refractivity contribution in [2.45, 2.75) is 16.6 Å². The van der Waals surface area contributed by atoms with Gasteiger partial charge in [-0.1, -0.05) is 11.6 Å². The van der Waals surface area contributed by atoms with Crippen LogP contribution in [0.5, 0.6) is 11.5 Å². The highest BCUT2D eigenvalue weighted by Gasteiger charge is 2.56. The Balaban J connectivity index is 2.16. The van der Waals surface area contributed by atoms with Gasteiger partial charge in [-0.15, -0.1) is 0 Å². The van der Waals surface area contributed by atoms with Crippen molar-refractivity contribution in [2.24, 2.45) is 0 Å². The molecular formula is C16H6ClF4NO3S. The highest BCUT2D eigenvalue weighted by molar-refractivity contribution is 7.87. The SMILES string of the molecule is N#Cc1cc(Cl)cc(Oc2ccc3c(c2C(F)F)S(=O)C(F)(F)C3=O)c1. The van der Waals surface area contributed by atoms with Crippen LogP contribution in [0, 0.1) is 11.3 Å². The minimum Gasteiger partial charge on any atom is -0.457 e. The van der Waals surface area contributed by atoms with Gasteiger partial charge in [-0.25, -0.2) is 13.0 Å². The molecule has 26 heavy (non-hydrogen) atoms. The van der Waals surface area contributed by atoms with Crippen molar-refractivity contribution >= 4 is 28.2 Å². The first-order valence-electron chi connectivity index (χ1n) is 6.85. The van der Waals surface area contributed by atoms with E-state index in [0.717, 1.165) is 12.1 Å². The van der Waals surface area contributed by atoms with E-state index in [1.54, 1.807) is 6.07 Å². The van der Waals surface area contributed by atoms with E-state index in [1.165, 1.54) is 18.2 Å². The fraction of sp³-hybridized carbons (Fsp3) is 0.125. The molecule has 1 unspecified atom stereocenters. The van der Waals surface area contributed by atoms with Gasteiger partial charge < -0.3 is 4.74 Å². The fourth-order valence-corrected chi connectivity index (χ4v) is 3.95. The van der Waals surface area contributed by atoms with Crippen LogP contribution in [0.2, 0.25) is 5.02 Å². The topological polar surface area (TPSA) is 67.2 Å². The molecule has 0 saturated heterocycles. The average Bonchev–Trinajstić information content (AvgIpc) is 2.74. The first-order valence-corrected chi connectivity index (χ1v) is 8.37. The fourth-order valence-electron chi connectivity index (χ4n) is 2.44. The standard InChI is InChI=1S/C16H6ClF4NO3S/c17-8-3-7(6-22)4-9(5-8)25-11-2-1-10-13(12(11)15(18)19)26(24)16(20,21)14(10)23/h1-5,15H. The highest BCUT2D eigenvalue weighted by atomic mass is 35.5. The van der Waals surface area contributed by atoms with Crippen LogP contribution in [-0.4, -0.2) is 15.2 Å². The Kier molecular flexibility index (Phi) is 4.50. The second kappa shape index (κ2) is 6.37. The number of carbonyl (C=O) groups excluding carboxylic acids is 1. The molecule has 1 aliphatic rings. The molecule has 2 aromatic rings. The molecule has 0 aromatic heterocycles. The predicted octanol–water partition coefficient (Wildman–Crippen LogP) is 4.84. The zero-order chi connectivity index (χ0) is 19.2. The maximum Gasteiger partial charge on any atom is 0.387 e. The lowest BCUT2D eigenvalue weighted by Crippen LogP contribution is -2.26. The number of halogens is 5. The quantitative estimate of drug-likeness (QED) is 0.688. The molecule has 1 atom stereocenters. The maximum absolute atomic E-state index is 13.7. The van der Waals surface area contributed by atoms with Crippen LogP contribution in [0.25, 0.3) is 0 Å². The number of hydrogen-bond acceptors (Lipinski definition) is 4. The Hall–Kier alpha value is -2.44. The van der Waals surface area contributed by atoms with Gasteiger partial charge in [-0.3, -0.25) is 4.79 Å². The normalized spacial score (nSPS) is 17.9. The van der Waals surface area contributed by atoms with Crippen molar-refractivity contribution in [3.05, 3.63) is 52.0 Å². The van der Waals surface area contributed by atoms with Crippen molar-refractivity contribution in [2.75, 3.05) is 0 Å². The molecule has 0 spiro atoms. The van der Waals surface area contributed by atoms with Crippen LogP contribution in [-0.2, 0) is 10.8 Å². The van der Waals surface area contributed by atoms with Gasteiger partial charge >= 0.3 is 5.25 Å². The summed E-state index contributed by atoms with van der Waals surface area (Å²) in [7, 11) is -3.27. The molecular weight excluding hydrogens is 398 g/mol. The van der Waals surface area contributed by atoms with Gasteiger partial charge in [-0.2, -0.15) is 14.0 Å². The molecule has 0 fully saturated rings. The lowest BCUT2D eigenvalue weighted by molar-refractivity contribution is 0.0566. The molecule has 0 saturated carbocycles. The number of Topliss-reactive ketones (excluding diaryl/α,β-unsaturated/α-hetero) is 1. The van der Waals surface area contributed by atoms with E-state index in [2.05, 4.69) is 0 Å². The number of ether oxygens (including phenoxy) is 1. The molecule has 3 rings (SSSR count). The van der Waals surface area contributed by atoms with Crippen LogP contribution >= 0.6 is 11.6 Å². The average molecular weight is 404 g/mol. The summed E-state index contributed by atoms with van der Waals surface area (Å²) in [6.45, 7) is 0. The number of fused-ring (bicyclic) bond motifs is 1. The molecule has 2 aromatic carbocycles. The Bertz CT molecular complexity index is 1000. The zero-order valence-corrected chi connectivity index (χ0v) is 14.0. The molecule has 0 radical (unpaired) electrons. The second-order valence-electron chi connectivity index (χ2n) is 5.16. The zero-order valence-electron chi connectivity index (χ0n) is 12.4. The van der Waals surface area contributed by atoms with Crippen molar-refractivity contribution in [3.8, 4) is 17.6 Å². The molecule has 134 valence electrons. The third-order valence-corrected chi connectivity index (χ3v) is 5.21. The van der Waals surface area contributed by atoms with E-state index in [1.807, 2.05) is 0 Å². The van der Waals surface area contributed by atoms with Crippen LogP contribution in [0.1, 0.15) is 27.9 Å².